The molecule has 0 aliphatic rings. The van der Waals surface area contributed by atoms with Crippen LogP contribution in [0.2, 0.25) is 0 Å². The summed E-state index contributed by atoms with van der Waals surface area (Å²) < 4.78 is 10.7. The van der Waals surface area contributed by atoms with Crippen LogP contribution >= 0.6 is 0 Å². The van der Waals surface area contributed by atoms with Gasteiger partial charge in [0.05, 0.1) is 25.1 Å². The van der Waals surface area contributed by atoms with Crippen molar-refractivity contribution in [3.63, 3.8) is 0 Å². The Morgan fingerprint density at radius 1 is 1.05 bits per heavy atom. The highest BCUT2D eigenvalue weighted by Gasteiger charge is 1.98. The number of ether oxygens (including phenoxy) is 2. The Morgan fingerprint density at radius 3 is 2.62 bits per heavy atom. The molecule has 0 spiro atoms. The summed E-state index contributed by atoms with van der Waals surface area (Å²) >= 11 is 0. The summed E-state index contributed by atoms with van der Waals surface area (Å²) in [6.45, 7) is 2.94. The Kier molecular flexibility index (Phi) is 6.71. The van der Waals surface area contributed by atoms with Crippen molar-refractivity contribution in [3.05, 3.63) is 59.9 Å². The van der Waals surface area contributed by atoms with E-state index in [4.69, 9.17) is 9.47 Å². The summed E-state index contributed by atoms with van der Waals surface area (Å²) in [6, 6.07) is 14.3. The molecule has 112 valence electrons. The van der Waals surface area contributed by atoms with E-state index in [0.717, 1.165) is 31.0 Å². The van der Waals surface area contributed by atoms with Gasteiger partial charge in [-0.25, -0.2) is 0 Å². The summed E-state index contributed by atoms with van der Waals surface area (Å²) in [4.78, 5) is 4.37. The lowest BCUT2D eigenvalue weighted by molar-refractivity contribution is 0.199. The summed E-state index contributed by atoms with van der Waals surface area (Å²) in [7, 11) is 1.70. The molecule has 0 aliphatic heterocycles. The molecule has 21 heavy (non-hydrogen) atoms. The van der Waals surface area contributed by atoms with Crippen LogP contribution in [0, 0.1) is 0 Å². The number of hydrogen-bond donors (Lipinski definition) is 1. The molecule has 0 amide bonds. The minimum absolute atomic E-state index is 0.664. The van der Waals surface area contributed by atoms with Crippen LogP contribution in [0.4, 0.5) is 0 Å². The Hall–Kier alpha value is -1.91. The van der Waals surface area contributed by atoms with Crippen LogP contribution < -0.4 is 10.1 Å². The molecule has 0 radical (unpaired) electrons. The first kappa shape index (κ1) is 15.5. The van der Waals surface area contributed by atoms with Gasteiger partial charge in [0, 0.05) is 26.6 Å². The van der Waals surface area contributed by atoms with Crippen molar-refractivity contribution < 1.29 is 9.47 Å². The van der Waals surface area contributed by atoms with Crippen LogP contribution in [0.1, 0.15) is 11.3 Å². The van der Waals surface area contributed by atoms with Crippen LogP contribution in [0.5, 0.6) is 5.75 Å². The first-order valence-electron chi connectivity index (χ1n) is 7.20. The molecule has 1 N–H and O–H groups in total. The first-order chi connectivity index (χ1) is 10.4. The van der Waals surface area contributed by atoms with Gasteiger partial charge in [0.1, 0.15) is 5.75 Å². The van der Waals surface area contributed by atoms with E-state index < -0.39 is 0 Å². The smallest absolute Gasteiger partial charge is 0.137 e. The van der Waals surface area contributed by atoms with Gasteiger partial charge in [-0.3, -0.25) is 4.98 Å². The molecule has 4 heteroatoms. The summed E-state index contributed by atoms with van der Waals surface area (Å²) in [5.74, 6) is 0.812. The minimum atomic E-state index is 0.664. The number of nitrogens with one attached hydrogen (secondary N) is 1. The van der Waals surface area contributed by atoms with Gasteiger partial charge in [0.25, 0.3) is 0 Å². The van der Waals surface area contributed by atoms with E-state index in [0.29, 0.717) is 13.2 Å². The molecule has 0 bridgehead atoms. The van der Waals surface area contributed by atoms with E-state index in [-0.39, 0.29) is 0 Å². The molecule has 1 aromatic heterocycles. The van der Waals surface area contributed by atoms with Gasteiger partial charge in [-0.05, 0) is 17.7 Å². The number of nitrogens with zero attached hydrogens (tertiary/aromatic N) is 1. The quantitative estimate of drug-likeness (QED) is 0.719. The predicted octanol–water partition coefficient (Wildman–Crippen LogP) is 2.44. The summed E-state index contributed by atoms with van der Waals surface area (Å²) in [6.07, 6.45) is 2.68. The van der Waals surface area contributed by atoms with Gasteiger partial charge in [0.2, 0.25) is 0 Å². The van der Waals surface area contributed by atoms with Crippen molar-refractivity contribution in [3.8, 4) is 5.75 Å². The van der Waals surface area contributed by atoms with Crippen molar-refractivity contribution in [1.29, 1.82) is 0 Å². The van der Waals surface area contributed by atoms with Crippen molar-refractivity contribution in [2.24, 2.45) is 0 Å². The Morgan fingerprint density at radius 2 is 1.90 bits per heavy atom. The maximum Gasteiger partial charge on any atom is 0.137 e. The first-order valence-corrected chi connectivity index (χ1v) is 7.20. The number of hydrogen-bond acceptors (Lipinski definition) is 4. The third-order valence-corrected chi connectivity index (χ3v) is 3.09. The van der Waals surface area contributed by atoms with Crippen LogP contribution in [-0.4, -0.2) is 31.9 Å². The zero-order valence-electron chi connectivity index (χ0n) is 12.4. The minimum Gasteiger partial charge on any atom is -0.492 e. The van der Waals surface area contributed by atoms with Crippen molar-refractivity contribution in [2.45, 2.75) is 13.0 Å². The van der Waals surface area contributed by atoms with Crippen molar-refractivity contribution in [2.75, 3.05) is 26.9 Å². The fourth-order valence-corrected chi connectivity index (χ4v) is 1.92. The fraction of sp³-hybridized carbons (Fsp3) is 0.353. The average molecular weight is 286 g/mol. The van der Waals surface area contributed by atoms with Gasteiger partial charge in [-0.1, -0.05) is 30.3 Å². The second-order valence-electron chi connectivity index (χ2n) is 4.74. The summed E-state index contributed by atoms with van der Waals surface area (Å²) in [5, 5.41) is 3.26. The molecular formula is C17H22N2O2. The number of rotatable bonds is 9. The second kappa shape index (κ2) is 9.10. The number of benzene rings is 1. The second-order valence-corrected chi connectivity index (χ2v) is 4.74. The van der Waals surface area contributed by atoms with E-state index in [9.17, 15) is 0 Å². The largest absolute Gasteiger partial charge is 0.492 e. The highest BCUT2D eigenvalue weighted by molar-refractivity contribution is 5.20. The molecule has 0 unspecified atom stereocenters. The molecule has 2 aromatic rings. The molecule has 0 saturated heterocycles. The molecule has 1 heterocycles. The molecule has 0 atom stereocenters. The molecular weight excluding hydrogens is 264 g/mol. The van der Waals surface area contributed by atoms with Crippen molar-refractivity contribution >= 4 is 0 Å². The highest BCUT2D eigenvalue weighted by atomic mass is 16.5. The van der Waals surface area contributed by atoms with Crippen LogP contribution in [0.3, 0.4) is 0 Å². The maximum absolute atomic E-state index is 5.71. The SMILES string of the molecule is COCCNCc1ccc(OCCc2ccccc2)cn1. The van der Waals surface area contributed by atoms with Crippen LogP contribution in [0.15, 0.2) is 48.7 Å². The predicted molar refractivity (Wildman–Crippen MR) is 83.5 cm³/mol. The normalized spacial score (nSPS) is 10.5. The third-order valence-electron chi connectivity index (χ3n) is 3.09. The van der Waals surface area contributed by atoms with E-state index in [1.165, 1.54) is 5.56 Å². The topological polar surface area (TPSA) is 43.4 Å². The van der Waals surface area contributed by atoms with Crippen LogP contribution in [-0.2, 0) is 17.7 Å². The van der Waals surface area contributed by atoms with Gasteiger partial charge < -0.3 is 14.8 Å². The Labute approximate surface area is 126 Å². The summed E-state index contributed by atoms with van der Waals surface area (Å²) in [5.41, 5.74) is 2.28. The molecule has 4 nitrogen and oxygen atoms in total. The monoisotopic (exact) mass is 286 g/mol. The van der Waals surface area contributed by atoms with E-state index >= 15 is 0 Å². The lowest BCUT2D eigenvalue weighted by atomic mass is 10.2. The molecule has 2 rings (SSSR count). The zero-order valence-corrected chi connectivity index (χ0v) is 12.4. The molecule has 0 aliphatic carbocycles. The molecule has 0 fully saturated rings. The molecule has 0 saturated carbocycles. The lowest BCUT2D eigenvalue weighted by Gasteiger charge is -2.07. The van der Waals surface area contributed by atoms with Crippen molar-refractivity contribution in [1.82, 2.24) is 10.3 Å². The number of aromatic nitrogens is 1. The van der Waals surface area contributed by atoms with E-state index in [2.05, 4.69) is 22.4 Å². The maximum atomic E-state index is 5.71. The third kappa shape index (κ3) is 5.94. The van der Waals surface area contributed by atoms with Gasteiger partial charge >= 0.3 is 0 Å². The Balaban J connectivity index is 1.69. The van der Waals surface area contributed by atoms with Gasteiger partial charge in [-0.15, -0.1) is 0 Å². The number of methoxy groups -OCH3 is 1. The standard InChI is InChI=1S/C17H22N2O2/c1-20-12-10-18-13-16-7-8-17(14-19-16)21-11-9-15-5-3-2-4-6-15/h2-8,14,18H,9-13H2,1H3. The van der Waals surface area contributed by atoms with Gasteiger partial charge in [0.15, 0.2) is 0 Å². The lowest BCUT2D eigenvalue weighted by Crippen LogP contribution is -2.19. The van der Waals surface area contributed by atoms with Gasteiger partial charge in [-0.2, -0.15) is 0 Å². The zero-order chi connectivity index (χ0) is 14.8. The fourth-order valence-electron chi connectivity index (χ4n) is 1.92. The van der Waals surface area contributed by atoms with Crippen LogP contribution in [0.25, 0.3) is 0 Å². The number of pyridine rings is 1. The highest BCUT2D eigenvalue weighted by Crippen LogP contribution is 2.10. The van der Waals surface area contributed by atoms with E-state index in [1.807, 2.05) is 30.3 Å². The average Bonchev–Trinajstić information content (AvgIpc) is 2.54. The van der Waals surface area contributed by atoms with E-state index in [1.54, 1.807) is 13.3 Å². The molecule has 1 aromatic carbocycles. The Bertz CT molecular complexity index is 500.